The van der Waals surface area contributed by atoms with Gasteiger partial charge in [-0.05, 0) is 43.3 Å². The molecule has 3 rings (SSSR count). The smallest absolute Gasteiger partial charge is 0.288 e. The Morgan fingerprint density at radius 2 is 1.80 bits per heavy atom. The lowest BCUT2D eigenvalue weighted by atomic mass is 10.3. The molecule has 0 fully saturated rings. The normalized spacial score (nSPS) is 12.1. The van der Waals surface area contributed by atoms with E-state index in [4.69, 9.17) is 0 Å². The second-order valence-corrected chi connectivity index (χ2v) is 9.40. The Bertz CT molecular complexity index is 1020. The van der Waals surface area contributed by atoms with E-state index < -0.39 is 28.5 Å². The summed E-state index contributed by atoms with van der Waals surface area (Å²) in [6, 6.07) is 9.21. The second kappa shape index (κ2) is 10.1. The number of rotatable bonds is 8. The molecule has 0 saturated carbocycles. The zero-order valence-corrected chi connectivity index (χ0v) is 17.7. The number of amides is 1. The maximum absolute atomic E-state index is 13.7. The van der Waals surface area contributed by atoms with Gasteiger partial charge in [0.25, 0.3) is 5.76 Å². The monoisotopic (exact) mass is 474 g/mol. The minimum absolute atomic E-state index is 0.236. The van der Waals surface area contributed by atoms with Gasteiger partial charge in [-0.3, -0.25) is 4.79 Å². The van der Waals surface area contributed by atoms with Gasteiger partial charge in [0.2, 0.25) is 11.0 Å². The van der Waals surface area contributed by atoms with Crippen LogP contribution in [0.2, 0.25) is 0 Å². The molecular weight excluding hydrogens is 460 g/mol. The molecule has 1 aromatic heterocycles. The van der Waals surface area contributed by atoms with Crippen LogP contribution in [0.5, 0.6) is 0 Å². The van der Waals surface area contributed by atoms with Crippen molar-refractivity contribution in [2.45, 2.75) is 27.2 Å². The van der Waals surface area contributed by atoms with Crippen molar-refractivity contribution >= 4 is 57.3 Å². The molecule has 0 bridgehead atoms. The van der Waals surface area contributed by atoms with Crippen LogP contribution in [-0.4, -0.2) is 27.1 Å². The van der Waals surface area contributed by atoms with Gasteiger partial charge in [0.15, 0.2) is 4.34 Å². The van der Waals surface area contributed by atoms with Crippen LogP contribution in [-0.2, 0) is 4.79 Å². The largest absolute Gasteiger partial charge is 0.330 e. The van der Waals surface area contributed by atoms with Crippen molar-refractivity contribution in [2.24, 2.45) is 0 Å². The zero-order valence-electron chi connectivity index (χ0n) is 15.2. The number of anilines is 3. The number of hydrogen-bond donors (Lipinski definition) is 2. The van der Waals surface area contributed by atoms with Crippen molar-refractivity contribution in [1.82, 2.24) is 10.2 Å². The first kappa shape index (κ1) is 22.4. The van der Waals surface area contributed by atoms with Crippen LogP contribution in [0.3, 0.4) is 0 Å². The molecule has 1 heterocycles. The van der Waals surface area contributed by atoms with Crippen LogP contribution >= 0.6 is 34.9 Å². The number of carbonyl (C=O) groups excluding carboxylic acids is 1. The summed E-state index contributed by atoms with van der Waals surface area (Å²) >= 11 is 2.76. The molecule has 2 N–H and O–H groups in total. The van der Waals surface area contributed by atoms with E-state index >= 15 is 0 Å². The van der Waals surface area contributed by atoms with Crippen LogP contribution in [0.15, 0.2) is 51.7 Å². The Balaban J connectivity index is 1.56. The van der Waals surface area contributed by atoms with Gasteiger partial charge in [0.05, 0.1) is 10.9 Å². The molecule has 0 saturated heterocycles. The predicted molar refractivity (Wildman–Crippen MR) is 112 cm³/mol. The third kappa shape index (κ3) is 6.34. The van der Waals surface area contributed by atoms with Crippen LogP contribution in [0.4, 0.5) is 34.1 Å². The highest BCUT2D eigenvalue weighted by atomic mass is 32.2. The summed E-state index contributed by atoms with van der Waals surface area (Å²) in [4.78, 5) is 12.7. The summed E-state index contributed by atoms with van der Waals surface area (Å²) < 4.78 is 52.1. The standard InChI is InChI=1S/C18H14F4N4OS3/c1-9(15(27)24-14-8-10(19)2-7-13(14)20)28-18-26-25-17(30-18)23-11-3-5-12(6-4-11)29-16(21)22/h2-9,16H,1H3,(H,23,25)(H,24,27). The number of carbonyl (C=O) groups is 1. The highest BCUT2D eigenvalue weighted by molar-refractivity contribution is 8.02. The van der Waals surface area contributed by atoms with E-state index in [0.717, 1.165) is 30.0 Å². The molecule has 12 heteroatoms. The summed E-state index contributed by atoms with van der Waals surface area (Å²) in [5.74, 6) is -4.39. The molecule has 158 valence electrons. The summed E-state index contributed by atoms with van der Waals surface area (Å²) in [6.45, 7) is 1.60. The van der Waals surface area contributed by atoms with Crippen molar-refractivity contribution in [2.75, 3.05) is 10.6 Å². The van der Waals surface area contributed by atoms with Crippen LogP contribution in [0, 0.1) is 11.6 Å². The molecule has 0 aliphatic heterocycles. The third-order valence-corrected chi connectivity index (χ3v) is 6.32. The van der Waals surface area contributed by atoms with Crippen molar-refractivity contribution in [3.05, 3.63) is 54.1 Å². The lowest BCUT2D eigenvalue weighted by Gasteiger charge is -2.11. The van der Waals surface area contributed by atoms with Gasteiger partial charge in [0, 0.05) is 16.6 Å². The van der Waals surface area contributed by atoms with Crippen LogP contribution < -0.4 is 10.6 Å². The number of aromatic nitrogens is 2. The van der Waals surface area contributed by atoms with Crippen molar-refractivity contribution in [1.29, 1.82) is 0 Å². The zero-order chi connectivity index (χ0) is 21.7. The highest BCUT2D eigenvalue weighted by Crippen LogP contribution is 2.32. The average Bonchev–Trinajstić information content (AvgIpc) is 3.12. The number of nitrogens with one attached hydrogen (secondary N) is 2. The van der Waals surface area contributed by atoms with Gasteiger partial charge in [-0.15, -0.1) is 10.2 Å². The second-order valence-electron chi connectivity index (χ2n) is 5.77. The minimum atomic E-state index is -2.48. The Morgan fingerprint density at radius 3 is 2.50 bits per heavy atom. The number of hydrogen-bond acceptors (Lipinski definition) is 7. The van der Waals surface area contributed by atoms with Gasteiger partial charge < -0.3 is 10.6 Å². The van der Waals surface area contributed by atoms with Gasteiger partial charge in [-0.25, -0.2) is 8.78 Å². The fraction of sp³-hybridized carbons (Fsp3) is 0.167. The van der Waals surface area contributed by atoms with Gasteiger partial charge in [-0.1, -0.05) is 34.9 Å². The Kier molecular flexibility index (Phi) is 7.56. The molecule has 1 unspecified atom stereocenters. The first-order valence-corrected chi connectivity index (χ1v) is 11.0. The average molecular weight is 475 g/mol. The Labute approximate surface area is 181 Å². The quantitative estimate of drug-likeness (QED) is 0.309. The highest BCUT2D eigenvalue weighted by Gasteiger charge is 2.19. The lowest BCUT2D eigenvalue weighted by Crippen LogP contribution is -2.23. The van der Waals surface area contributed by atoms with E-state index in [1.165, 1.54) is 11.3 Å². The fourth-order valence-corrected chi connectivity index (χ4v) is 4.60. The lowest BCUT2D eigenvalue weighted by molar-refractivity contribution is -0.115. The van der Waals surface area contributed by atoms with Gasteiger partial charge >= 0.3 is 0 Å². The third-order valence-electron chi connectivity index (χ3n) is 3.57. The number of halogens is 4. The molecule has 3 aromatic rings. The first-order chi connectivity index (χ1) is 14.3. The SMILES string of the molecule is CC(Sc1nnc(Nc2ccc(SC(F)F)cc2)s1)C(=O)Nc1cc(F)ccc1F. The summed E-state index contributed by atoms with van der Waals surface area (Å²) in [5.41, 5.74) is 0.411. The summed E-state index contributed by atoms with van der Waals surface area (Å²) in [5, 5.41) is 13.1. The molecule has 2 aromatic carbocycles. The molecule has 1 atom stereocenters. The Hall–Kier alpha value is -2.31. The molecular formula is C18H14F4N4OS3. The Morgan fingerprint density at radius 1 is 1.07 bits per heavy atom. The van der Waals surface area contributed by atoms with Gasteiger partial charge in [0.1, 0.15) is 11.6 Å². The topological polar surface area (TPSA) is 66.9 Å². The maximum Gasteiger partial charge on any atom is 0.288 e. The summed E-state index contributed by atoms with van der Waals surface area (Å²) in [7, 11) is 0. The van der Waals surface area contributed by atoms with Crippen molar-refractivity contribution < 1.29 is 22.4 Å². The van der Waals surface area contributed by atoms with E-state index in [1.54, 1.807) is 31.2 Å². The summed E-state index contributed by atoms with van der Waals surface area (Å²) in [6.07, 6.45) is 0. The van der Waals surface area contributed by atoms with Gasteiger partial charge in [-0.2, -0.15) is 8.78 Å². The molecule has 0 spiro atoms. The van der Waals surface area contributed by atoms with E-state index in [-0.39, 0.29) is 5.69 Å². The molecule has 0 aliphatic carbocycles. The molecule has 5 nitrogen and oxygen atoms in total. The maximum atomic E-state index is 13.7. The van der Waals surface area contributed by atoms with E-state index in [1.807, 2.05) is 0 Å². The van der Waals surface area contributed by atoms with Crippen LogP contribution in [0.25, 0.3) is 0 Å². The molecule has 1 amide bonds. The number of nitrogens with zero attached hydrogens (tertiary/aromatic N) is 2. The van der Waals surface area contributed by atoms with Crippen molar-refractivity contribution in [3.8, 4) is 0 Å². The molecule has 30 heavy (non-hydrogen) atoms. The number of benzene rings is 2. The molecule has 0 radical (unpaired) electrons. The molecule has 0 aliphatic rings. The van der Waals surface area contributed by atoms with E-state index in [9.17, 15) is 22.4 Å². The van der Waals surface area contributed by atoms with E-state index in [0.29, 0.717) is 31.8 Å². The van der Waals surface area contributed by atoms with Crippen molar-refractivity contribution in [3.63, 3.8) is 0 Å². The minimum Gasteiger partial charge on any atom is -0.330 e. The predicted octanol–water partition coefficient (Wildman–Crippen LogP) is 5.99. The number of alkyl halides is 2. The number of thioether (sulfide) groups is 2. The van der Waals surface area contributed by atoms with Crippen LogP contribution in [0.1, 0.15) is 6.92 Å². The van der Waals surface area contributed by atoms with E-state index in [2.05, 4.69) is 20.8 Å². The fourth-order valence-electron chi connectivity index (χ4n) is 2.18. The first-order valence-electron chi connectivity index (χ1n) is 8.38.